The SMILES string of the molecule is Nc1nnc(SCc2ccccc2Cl)n1CC(=O)Nc1nc2ccc(Cl)cc2s1. The van der Waals surface area contributed by atoms with Gasteiger partial charge in [-0.3, -0.25) is 9.36 Å². The van der Waals surface area contributed by atoms with Crippen LogP contribution in [0.4, 0.5) is 11.1 Å². The second-order valence-corrected chi connectivity index (χ2v) is 8.80. The summed E-state index contributed by atoms with van der Waals surface area (Å²) in [5.41, 5.74) is 7.64. The van der Waals surface area contributed by atoms with Crippen LogP contribution in [-0.4, -0.2) is 25.7 Å². The van der Waals surface area contributed by atoms with Crippen molar-refractivity contribution in [2.45, 2.75) is 17.5 Å². The van der Waals surface area contributed by atoms with E-state index in [1.54, 1.807) is 10.6 Å². The molecule has 0 spiro atoms. The van der Waals surface area contributed by atoms with E-state index in [1.807, 2.05) is 36.4 Å². The van der Waals surface area contributed by atoms with Crippen LogP contribution in [0.25, 0.3) is 10.2 Å². The number of carbonyl (C=O) groups is 1. The molecular weight excluding hydrogens is 451 g/mol. The molecule has 0 atom stereocenters. The van der Waals surface area contributed by atoms with Crippen molar-refractivity contribution in [3.05, 3.63) is 58.1 Å². The predicted octanol–water partition coefficient (Wildman–Crippen LogP) is 4.71. The first-order chi connectivity index (χ1) is 14.0. The molecular formula is C18H14Cl2N6OS2. The van der Waals surface area contributed by atoms with Crippen LogP contribution in [0.2, 0.25) is 10.0 Å². The predicted molar refractivity (Wildman–Crippen MR) is 119 cm³/mol. The Morgan fingerprint density at radius 3 is 2.86 bits per heavy atom. The molecule has 148 valence electrons. The molecule has 0 unspecified atom stereocenters. The Morgan fingerprint density at radius 1 is 1.21 bits per heavy atom. The lowest BCUT2D eigenvalue weighted by Crippen LogP contribution is -2.20. The van der Waals surface area contributed by atoms with E-state index in [2.05, 4.69) is 20.5 Å². The minimum absolute atomic E-state index is 0.0274. The fourth-order valence-corrected chi connectivity index (χ4v) is 4.96. The van der Waals surface area contributed by atoms with Crippen LogP contribution in [0.15, 0.2) is 47.6 Å². The van der Waals surface area contributed by atoms with Crippen LogP contribution < -0.4 is 11.1 Å². The average molecular weight is 465 g/mol. The van der Waals surface area contributed by atoms with Crippen LogP contribution in [0, 0.1) is 0 Å². The number of aromatic nitrogens is 4. The van der Waals surface area contributed by atoms with Crippen molar-refractivity contribution in [2.75, 3.05) is 11.1 Å². The number of nitrogens with two attached hydrogens (primary N) is 1. The van der Waals surface area contributed by atoms with Gasteiger partial charge in [-0.05, 0) is 29.8 Å². The molecule has 0 aliphatic carbocycles. The molecule has 0 aliphatic rings. The van der Waals surface area contributed by atoms with Crippen LogP contribution in [0.3, 0.4) is 0 Å². The zero-order chi connectivity index (χ0) is 20.4. The third kappa shape index (κ3) is 4.64. The monoisotopic (exact) mass is 464 g/mol. The van der Waals surface area contributed by atoms with Gasteiger partial charge in [0.2, 0.25) is 11.9 Å². The lowest BCUT2D eigenvalue weighted by molar-refractivity contribution is -0.116. The van der Waals surface area contributed by atoms with Crippen molar-refractivity contribution >= 4 is 73.5 Å². The summed E-state index contributed by atoms with van der Waals surface area (Å²) < 4.78 is 2.45. The van der Waals surface area contributed by atoms with Gasteiger partial charge in [-0.25, -0.2) is 4.98 Å². The van der Waals surface area contributed by atoms with Crippen LogP contribution in [-0.2, 0) is 17.1 Å². The maximum absolute atomic E-state index is 12.5. The molecule has 2 heterocycles. The highest BCUT2D eigenvalue weighted by molar-refractivity contribution is 7.98. The number of nitrogen functional groups attached to an aromatic ring is 1. The van der Waals surface area contributed by atoms with E-state index in [4.69, 9.17) is 28.9 Å². The standard InChI is InChI=1S/C18H14Cl2N6OS2/c19-11-5-6-13-14(7-11)29-17(22-13)23-15(27)8-26-16(21)24-25-18(26)28-9-10-3-1-2-4-12(10)20/h1-7H,8-9H2,(H2,21,24)(H,22,23,27). The first-order valence-electron chi connectivity index (χ1n) is 8.40. The Balaban J connectivity index is 1.45. The summed E-state index contributed by atoms with van der Waals surface area (Å²) in [6.07, 6.45) is 0. The van der Waals surface area contributed by atoms with Gasteiger partial charge in [0.1, 0.15) is 6.54 Å². The number of nitrogens with one attached hydrogen (secondary N) is 1. The number of hydrogen-bond donors (Lipinski definition) is 2. The minimum Gasteiger partial charge on any atom is -0.368 e. The fourth-order valence-electron chi connectivity index (χ4n) is 2.57. The summed E-state index contributed by atoms with van der Waals surface area (Å²) in [5, 5.41) is 13.1. The molecule has 1 amide bonds. The van der Waals surface area contributed by atoms with Gasteiger partial charge in [0.05, 0.1) is 10.2 Å². The number of nitrogens with zero attached hydrogens (tertiary/aromatic N) is 4. The van der Waals surface area contributed by atoms with Crippen molar-refractivity contribution < 1.29 is 4.79 Å². The molecule has 0 aliphatic heterocycles. The normalized spacial score (nSPS) is 11.1. The molecule has 0 fully saturated rings. The van der Waals surface area contributed by atoms with Crippen molar-refractivity contribution in [2.24, 2.45) is 0 Å². The quantitative estimate of drug-likeness (QED) is 0.401. The number of benzene rings is 2. The van der Waals surface area contributed by atoms with Crippen molar-refractivity contribution in [1.82, 2.24) is 19.7 Å². The van der Waals surface area contributed by atoms with Crippen molar-refractivity contribution in [3.8, 4) is 0 Å². The zero-order valence-corrected chi connectivity index (χ0v) is 17.9. The number of rotatable bonds is 6. The number of carbonyl (C=O) groups excluding carboxylic acids is 1. The Labute approximate surface area is 184 Å². The molecule has 7 nitrogen and oxygen atoms in total. The number of anilines is 2. The molecule has 0 saturated heterocycles. The Hall–Kier alpha value is -2.33. The fraction of sp³-hybridized carbons (Fsp3) is 0.111. The van der Waals surface area contributed by atoms with Gasteiger partial charge < -0.3 is 11.1 Å². The highest BCUT2D eigenvalue weighted by atomic mass is 35.5. The average Bonchev–Trinajstić information content (AvgIpc) is 3.24. The van der Waals surface area contributed by atoms with E-state index in [9.17, 15) is 4.79 Å². The maximum atomic E-state index is 12.5. The van der Waals surface area contributed by atoms with Crippen LogP contribution >= 0.6 is 46.3 Å². The molecule has 3 N–H and O–H groups in total. The minimum atomic E-state index is -0.277. The first kappa shape index (κ1) is 20.0. The molecule has 2 aromatic heterocycles. The highest BCUT2D eigenvalue weighted by Crippen LogP contribution is 2.29. The van der Waals surface area contributed by atoms with Gasteiger partial charge in [0.25, 0.3) is 0 Å². The molecule has 0 bridgehead atoms. The largest absolute Gasteiger partial charge is 0.368 e. The number of halogens is 2. The third-order valence-corrected chi connectivity index (χ3v) is 6.51. The van der Waals surface area contributed by atoms with Gasteiger partial charge in [-0.2, -0.15) is 0 Å². The summed E-state index contributed by atoms with van der Waals surface area (Å²) in [4.78, 5) is 16.9. The number of thiazole rings is 1. The molecule has 11 heteroatoms. The second kappa shape index (κ2) is 8.58. The molecule has 4 aromatic rings. The van der Waals surface area contributed by atoms with E-state index in [-0.39, 0.29) is 18.4 Å². The molecule has 4 rings (SSSR count). The van der Waals surface area contributed by atoms with Crippen molar-refractivity contribution in [1.29, 1.82) is 0 Å². The van der Waals surface area contributed by atoms with Gasteiger partial charge in [-0.1, -0.05) is 64.5 Å². The van der Waals surface area contributed by atoms with Gasteiger partial charge in [0.15, 0.2) is 10.3 Å². The molecule has 2 aromatic carbocycles. The van der Waals surface area contributed by atoms with E-state index < -0.39 is 0 Å². The molecule has 0 saturated carbocycles. The van der Waals surface area contributed by atoms with Gasteiger partial charge in [-0.15, -0.1) is 10.2 Å². The van der Waals surface area contributed by atoms with E-state index in [1.165, 1.54) is 23.1 Å². The highest BCUT2D eigenvalue weighted by Gasteiger charge is 2.16. The summed E-state index contributed by atoms with van der Waals surface area (Å²) >= 11 is 14.9. The Bertz CT molecular complexity index is 1190. The van der Waals surface area contributed by atoms with Crippen LogP contribution in [0.5, 0.6) is 0 Å². The molecule has 0 radical (unpaired) electrons. The summed E-state index contributed by atoms with van der Waals surface area (Å²) in [5.74, 6) is 0.469. The third-order valence-electron chi connectivity index (χ3n) is 3.96. The number of hydrogen-bond acceptors (Lipinski definition) is 7. The van der Waals surface area contributed by atoms with Gasteiger partial charge in [0, 0.05) is 15.8 Å². The smallest absolute Gasteiger partial charge is 0.246 e. The topological polar surface area (TPSA) is 98.7 Å². The Morgan fingerprint density at radius 2 is 2.03 bits per heavy atom. The second-order valence-electron chi connectivity index (χ2n) is 5.99. The van der Waals surface area contributed by atoms with E-state index in [0.717, 1.165) is 15.8 Å². The Kier molecular flexibility index (Phi) is 5.91. The number of amides is 1. The zero-order valence-electron chi connectivity index (χ0n) is 14.8. The van der Waals surface area contributed by atoms with E-state index in [0.29, 0.717) is 26.1 Å². The first-order valence-corrected chi connectivity index (χ1v) is 11.0. The van der Waals surface area contributed by atoms with Crippen molar-refractivity contribution in [3.63, 3.8) is 0 Å². The summed E-state index contributed by atoms with van der Waals surface area (Å²) in [6.45, 7) is -0.0274. The molecule has 29 heavy (non-hydrogen) atoms. The van der Waals surface area contributed by atoms with Crippen LogP contribution in [0.1, 0.15) is 5.56 Å². The van der Waals surface area contributed by atoms with Gasteiger partial charge >= 0.3 is 0 Å². The lowest BCUT2D eigenvalue weighted by atomic mass is 10.2. The summed E-state index contributed by atoms with van der Waals surface area (Å²) in [7, 11) is 0. The lowest BCUT2D eigenvalue weighted by Gasteiger charge is -2.08. The number of fused-ring (bicyclic) bond motifs is 1. The maximum Gasteiger partial charge on any atom is 0.246 e. The summed E-state index contributed by atoms with van der Waals surface area (Å²) in [6, 6.07) is 12.9. The van der Waals surface area contributed by atoms with E-state index >= 15 is 0 Å². The number of thioether (sulfide) groups is 1.